The van der Waals surface area contributed by atoms with E-state index in [1.54, 1.807) is 18.2 Å². The van der Waals surface area contributed by atoms with E-state index < -0.39 is 5.91 Å². The summed E-state index contributed by atoms with van der Waals surface area (Å²) in [6, 6.07) is 6.89. The highest BCUT2D eigenvalue weighted by Gasteiger charge is 2.21. The van der Waals surface area contributed by atoms with Crippen LogP contribution in [-0.4, -0.2) is 24.4 Å². The highest BCUT2D eigenvalue weighted by atomic mass is 35.5. The molecule has 0 saturated carbocycles. The Hall–Kier alpha value is -1.59. The normalized spacial score (nSPS) is 17.6. The summed E-state index contributed by atoms with van der Waals surface area (Å²) in [7, 11) is 0. The topological polar surface area (TPSA) is 84.2 Å². The van der Waals surface area contributed by atoms with Crippen molar-refractivity contribution < 1.29 is 9.59 Å². The average Bonchev–Trinajstić information content (AvgIpc) is 2.90. The van der Waals surface area contributed by atoms with Crippen LogP contribution in [-0.2, 0) is 11.3 Å². The van der Waals surface area contributed by atoms with Gasteiger partial charge in [0.05, 0.1) is 6.04 Å². The molecule has 0 unspecified atom stereocenters. The predicted molar refractivity (Wildman–Crippen MR) is 75.1 cm³/mol. The van der Waals surface area contributed by atoms with Crippen LogP contribution in [0.3, 0.4) is 0 Å². The Kier molecular flexibility index (Phi) is 5.79. The molecule has 5 nitrogen and oxygen atoms in total. The summed E-state index contributed by atoms with van der Waals surface area (Å²) in [5.74, 6) is -0.447. The smallest absolute Gasteiger partial charge is 0.248 e. The van der Waals surface area contributed by atoms with Gasteiger partial charge in [-0.2, -0.15) is 0 Å². The first-order valence-corrected chi connectivity index (χ1v) is 6.06. The summed E-state index contributed by atoms with van der Waals surface area (Å²) < 4.78 is 0. The van der Waals surface area contributed by atoms with Crippen molar-refractivity contribution >= 4 is 24.2 Å². The van der Waals surface area contributed by atoms with Gasteiger partial charge in [0.25, 0.3) is 0 Å². The molecule has 0 radical (unpaired) electrons. The van der Waals surface area contributed by atoms with Gasteiger partial charge in [-0.25, -0.2) is 0 Å². The molecular formula is C13H18ClN3O2. The third-order valence-corrected chi connectivity index (χ3v) is 3.06. The van der Waals surface area contributed by atoms with Gasteiger partial charge in [-0.3, -0.25) is 9.59 Å². The number of benzene rings is 1. The van der Waals surface area contributed by atoms with Gasteiger partial charge in [-0.05, 0) is 37.1 Å². The molecular weight excluding hydrogens is 266 g/mol. The number of hydrogen-bond acceptors (Lipinski definition) is 3. The SMILES string of the molecule is Cl.NC(=O)c1cccc(CNC(=O)[C@@H]2CCCN2)c1. The summed E-state index contributed by atoms with van der Waals surface area (Å²) in [5, 5.41) is 5.99. The maximum absolute atomic E-state index is 11.8. The number of carbonyl (C=O) groups is 2. The number of nitrogens with one attached hydrogen (secondary N) is 2. The summed E-state index contributed by atoms with van der Waals surface area (Å²) >= 11 is 0. The number of carbonyl (C=O) groups excluding carboxylic acids is 2. The second-order valence-electron chi connectivity index (χ2n) is 4.43. The van der Waals surface area contributed by atoms with Crippen LogP contribution in [0.5, 0.6) is 0 Å². The van der Waals surface area contributed by atoms with Crippen LogP contribution < -0.4 is 16.4 Å². The number of nitrogens with two attached hydrogens (primary N) is 1. The maximum atomic E-state index is 11.8. The van der Waals surface area contributed by atoms with Crippen molar-refractivity contribution in [3.8, 4) is 0 Å². The van der Waals surface area contributed by atoms with E-state index >= 15 is 0 Å². The molecule has 6 heteroatoms. The van der Waals surface area contributed by atoms with Crippen molar-refractivity contribution in [1.29, 1.82) is 0 Å². The lowest BCUT2D eigenvalue weighted by Gasteiger charge is -2.11. The minimum absolute atomic E-state index is 0. The lowest BCUT2D eigenvalue weighted by Crippen LogP contribution is -2.40. The summed E-state index contributed by atoms with van der Waals surface area (Å²) in [6.07, 6.45) is 1.92. The molecule has 1 saturated heterocycles. The molecule has 1 aliphatic rings. The molecule has 0 bridgehead atoms. The number of halogens is 1. The van der Waals surface area contributed by atoms with Crippen molar-refractivity contribution in [3.63, 3.8) is 0 Å². The molecule has 19 heavy (non-hydrogen) atoms. The molecule has 2 rings (SSSR count). The molecule has 2 amide bonds. The zero-order chi connectivity index (χ0) is 13.0. The third-order valence-electron chi connectivity index (χ3n) is 3.06. The largest absolute Gasteiger partial charge is 0.366 e. The fraction of sp³-hybridized carbons (Fsp3) is 0.385. The standard InChI is InChI=1S/C13H17N3O2.ClH/c14-12(17)10-4-1-3-9(7-10)8-16-13(18)11-5-2-6-15-11;/h1,3-4,7,11,15H,2,5-6,8H2,(H2,14,17)(H,16,18);1H/t11-;/m0./s1. The van der Waals surface area contributed by atoms with Gasteiger partial charge in [0.1, 0.15) is 0 Å². The van der Waals surface area contributed by atoms with Crippen LogP contribution >= 0.6 is 12.4 Å². The van der Waals surface area contributed by atoms with E-state index in [1.165, 1.54) is 0 Å². The summed E-state index contributed by atoms with van der Waals surface area (Å²) in [6.45, 7) is 1.31. The second kappa shape index (κ2) is 7.11. The van der Waals surface area contributed by atoms with Gasteiger partial charge < -0.3 is 16.4 Å². The van der Waals surface area contributed by atoms with Crippen LogP contribution in [0.2, 0.25) is 0 Å². The molecule has 1 aliphatic heterocycles. The number of hydrogen-bond donors (Lipinski definition) is 3. The van der Waals surface area contributed by atoms with E-state index in [0.717, 1.165) is 24.9 Å². The first kappa shape index (κ1) is 15.5. The van der Waals surface area contributed by atoms with Gasteiger partial charge in [0.2, 0.25) is 11.8 Å². The Morgan fingerprint density at radius 1 is 1.42 bits per heavy atom. The van der Waals surface area contributed by atoms with Gasteiger partial charge in [0.15, 0.2) is 0 Å². The Morgan fingerprint density at radius 2 is 2.21 bits per heavy atom. The molecule has 0 aromatic heterocycles. The van der Waals surface area contributed by atoms with E-state index in [9.17, 15) is 9.59 Å². The Balaban J connectivity index is 0.00000180. The quantitative estimate of drug-likeness (QED) is 0.755. The van der Waals surface area contributed by atoms with Crippen molar-refractivity contribution in [3.05, 3.63) is 35.4 Å². The minimum atomic E-state index is -0.458. The maximum Gasteiger partial charge on any atom is 0.248 e. The third kappa shape index (κ3) is 4.22. The van der Waals surface area contributed by atoms with E-state index in [4.69, 9.17) is 5.73 Å². The number of rotatable bonds is 4. The zero-order valence-electron chi connectivity index (χ0n) is 10.5. The summed E-state index contributed by atoms with van der Waals surface area (Å²) in [4.78, 5) is 22.8. The van der Waals surface area contributed by atoms with Crippen LogP contribution in [0.4, 0.5) is 0 Å². The van der Waals surface area contributed by atoms with Crippen molar-refractivity contribution in [2.75, 3.05) is 6.54 Å². The Morgan fingerprint density at radius 3 is 2.84 bits per heavy atom. The van der Waals surface area contributed by atoms with Crippen LogP contribution in [0.1, 0.15) is 28.8 Å². The van der Waals surface area contributed by atoms with E-state index in [-0.39, 0.29) is 24.4 Å². The zero-order valence-corrected chi connectivity index (χ0v) is 11.3. The number of amides is 2. The molecule has 0 spiro atoms. The molecule has 0 aliphatic carbocycles. The Bertz CT molecular complexity index is 459. The fourth-order valence-electron chi connectivity index (χ4n) is 2.06. The van der Waals surface area contributed by atoms with Crippen LogP contribution in [0.15, 0.2) is 24.3 Å². The number of primary amides is 1. The van der Waals surface area contributed by atoms with Gasteiger partial charge >= 0.3 is 0 Å². The molecule has 1 aromatic carbocycles. The van der Waals surface area contributed by atoms with Crippen molar-refractivity contribution in [1.82, 2.24) is 10.6 Å². The monoisotopic (exact) mass is 283 g/mol. The highest BCUT2D eigenvalue weighted by Crippen LogP contribution is 2.07. The predicted octanol–water partition coefficient (Wildman–Crippen LogP) is 0.575. The highest BCUT2D eigenvalue weighted by molar-refractivity contribution is 5.92. The van der Waals surface area contributed by atoms with Gasteiger partial charge in [-0.1, -0.05) is 12.1 Å². The fourth-order valence-corrected chi connectivity index (χ4v) is 2.06. The van der Waals surface area contributed by atoms with Crippen LogP contribution in [0.25, 0.3) is 0 Å². The molecule has 1 aromatic rings. The molecule has 1 fully saturated rings. The van der Waals surface area contributed by atoms with Crippen molar-refractivity contribution in [2.24, 2.45) is 5.73 Å². The molecule has 1 atom stereocenters. The second-order valence-corrected chi connectivity index (χ2v) is 4.43. The first-order chi connectivity index (χ1) is 8.66. The molecule has 4 N–H and O–H groups in total. The first-order valence-electron chi connectivity index (χ1n) is 6.06. The van der Waals surface area contributed by atoms with E-state index in [2.05, 4.69) is 10.6 Å². The van der Waals surface area contributed by atoms with Crippen molar-refractivity contribution in [2.45, 2.75) is 25.4 Å². The lowest BCUT2D eigenvalue weighted by molar-refractivity contribution is -0.122. The molecule has 1 heterocycles. The van der Waals surface area contributed by atoms with Gasteiger partial charge in [-0.15, -0.1) is 12.4 Å². The Labute approximate surface area is 118 Å². The molecule has 104 valence electrons. The van der Waals surface area contributed by atoms with Crippen LogP contribution in [0, 0.1) is 0 Å². The average molecular weight is 284 g/mol. The minimum Gasteiger partial charge on any atom is -0.366 e. The summed E-state index contributed by atoms with van der Waals surface area (Å²) in [5.41, 5.74) is 6.53. The van der Waals surface area contributed by atoms with E-state index in [1.807, 2.05) is 6.07 Å². The van der Waals surface area contributed by atoms with E-state index in [0.29, 0.717) is 12.1 Å². The lowest BCUT2D eigenvalue weighted by atomic mass is 10.1. The van der Waals surface area contributed by atoms with Gasteiger partial charge in [0, 0.05) is 12.1 Å².